The van der Waals surface area contributed by atoms with E-state index in [0.29, 0.717) is 5.92 Å². The van der Waals surface area contributed by atoms with Crippen molar-refractivity contribution in [2.24, 2.45) is 0 Å². The normalized spacial score (nSPS) is 11.2. The van der Waals surface area contributed by atoms with Gasteiger partial charge in [-0.1, -0.05) is 57.2 Å². The van der Waals surface area contributed by atoms with Gasteiger partial charge in [-0.2, -0.15) is 0 Å². The molecule has 0 aliphatic carbocycles. The molecule has 2 aromatic rings. The summed E-state index contributed by atoms with van der Waals surface area (Å²) in [5, 5.41) is 2.72. The SMILES string of the molecule is CCc1cc2ccccc2cc1C(C)C. The van der Waals surface area contributed by atoms with Crippen molar-refractivity contribution < 1.29 is 0 Å². The van der Waals surface area contributed by atoms with Crippen LogP contribution in [0.4, 0.5) is 0 Å². The highest BCUT2D eigenvalue weighted by Gasteiger charge is 2.06. The van der Waals surface area contributed by atoms with Crippen molar-refractivity contribution in [2.45, 2.75) is 33.1 Å². The van der Waals surface area contributed by atoms with Crippen molar-refractivity contribution in [3.8, 4) is 0 Å². The maximum atomic E-state index is 2.35. The molecule has 0 nitrogen and oxygen atoms in total. The second kappa shape index (κ2) is 4.06. The molecule has 0 aliphatic heterocycles. The molecule has 0 saturated carbocycles. The Hall–Kier alpha value is -1.30. The summed E-state index contributed by atoms with van der Waals surface area (Å²) in [6, 6.07) is 13.3. The van der Waals surface area contributed by atoms with Crippen LogP contribution in [0, 0.1) is 0 Å². The fourth-order valence-corrected chi connectivity index (χ4v) is 2.15. The van der Waals surface area contributed by atoms with Gasteiger partial charge in [-0.05, 0) is 34.2 Å². The van der Waals surface area contributed by atoms with Gasteiger partial charge in [0.05, 0.1) is 0 Å². The van der Waals surface area contributed by atoms with Gasteiger partial charge in [0.1, 0.15) is 0 Å². The van der Waals surface area contributed by atoms with E-state index in [9.17, 15) is 0 Å². The molecule has 0 aliphatic rings. The predicted octanol–water partition coefficient (Wildman–Crippen LogP) is 4.53. The van der Waals surface area contributed by atoms with Gasteiger partial charge >= 0.3 is 0 Å². The number of aryl methyl sites for hydroxylation is 1. The fraction of sp³-hybridized carbons (Fsp3) is 0.333. The molecule has 0 N–H and O–H groups in total. The van der Waals surface area contributed by atoms with Crippen LogP contribution in [0.1, 0.15) is 37.8 Å². The first-order chi connectivity index (χ1) is 7.22. The Morgan fingerprint density at radius 1 is 1.00 bits per heavy atom. The van der Waals surface area contributed by atoms with E-state index in [1.54, 1.807) is 0 Å². The maximum Gasteiger partial charge on any atom is -0.0181 e. The average molecular weight is 198 g/mol. The van der Waals surface area contributed by atoms with Crippen molar-refractivity contribution in [1.29, 1.82) is 0 Å². The van der Waals surface area contributed by atoms with Gasteiger partial charge in [-0.25, -0.2) is 0 Å². The Morgan fingerprint density at radius 2 is 1.60 bits per heavy atom. The molecule has 0 bridgehead atoms. The number of fused-ring (bicyclic) bond motifs is 1. The Morgan fingerprint density at radius 3 is 2.13 bits per heavy atom. The van der Waals surface area contributed by atoms with E-state index in [-0.39, 0.29) is 0 Å². The average Bonchev–Trinajstić information content (AvgIpc) is 2.27. The van der Waals surface area contributed by atoms with Crippen LogP contribution < -0.4 is 0 Å². The molecule has 0 saturated heterocycles. The molecule has 0 spiro atoms. The monoisotopic (exact) mass is 198 g/mol. The van der Waals surface area contributed by atoms with E-state index < -0.39 is 0 Å². The van der Waals surface area contributed by atoms with Crippen molar-refractivity contribution in [2.75, 3.05) is 0 Å². The smallest absolute Gasteiger partial charge is 0.0181 e. The highest BCUT2D eigenvalue weighted by molar-refractivity contribution is 5.84. The standard InChI is InChI=1S/C15H18/c1-4-12-9-13-7-5-6-8-14(13)10-15(12)11(2)3/h5-11H,4H2,1-3H3. The van der Waals surface area contributed by atoms with Crippen LogP contribution >= 0.6 is 0 Å². The number of benzene rings is 2. The Labute approximate surface area is 91.9 Å². The van der Waals surface area contributed by atoms with E-state index in [2.05, 4.69) is 57.2 Å². The molecule has 15 heavy (non-hydrogen) atoms. The molecule has 0 fully saturated rings. The fourth-order valence-electron chi connectivity index (χ4n) is 2.15. The predicted molar refractivity (Wildman–Crippen MR) is 67.4 cm³/mol. The quantitative estimate of drug-likeness (QED) is 0.665. The van der Waals surface area contributed by atoms with E-state index >= 15 is 0 Å². The number of hydrogen-bond donors (Lipinski definition) is 0. The third-order valence-electron chi connectivity index (χ3n) is 3.01. The Bertz CT molecular complexity index is 466. The van der Waals surface area contributed by atoms with E-state index in [1.807, 2.05) is 0 Å². The van der Waals surface area contributed by atoms with E-state index in [0.717, 1.165) is 6.42 Å². The Kier molecular flexibility index (Phi) is 2.77. The lowest BCUT2D eigenvalue weighted by Gasteiger charge is -2.13. The molecular weight excluding hydrogens is 180 g/mol. The zero-order chi connectivity index (χ0) is 10.8. The summed E-state index contributed by atoms with van der Waals surface area (Å²) in [6.07, 6.45) is 1.12. The molecule has 0 heteroatoms. The molecule has 0 unspecified atom stereocenters. The van der Waals surface area contributed by atoms with Crippen LogP contribution in [0.2, 0.25) is 0 Å². The van der Waals surface area contributed by atoms with Crippen LogP contribution in [0.15, 0.2) is 36.4 Å². The molecule has 0 atom stereocenters. The van der Waals surface area contributed by atoms with Crippen LogP contribution in [-0.2, 0) is 6.42 Å². The molecule has 0 heterocycles. The van der Waals surface area contributed by atoms with Crippen LogP contribution in [0.25, 0.3) is 10.8 Å². The van der Waals surface area contributed by atoms with Gasteiger partial charge in [0.15, 0.2) is 0 Å². The maximum absolute atomic E-state index is 2.35. The Balaban J connectivity index is 2.69. The van der Waals surface area contributed by atoms with Gasteiger partial charge in [0, 0.05) is 0 Å². The molecular formula is C15H18. The lowest BCUT2D eigenvalue weighted by Crippen LogP contribution is -1.95. The topological polar surface area (TPSA) is 0 Å². The first-order valence-electron chi connectivity index (χ1n) is 5.74. The minimum Gasteiger partial charge on any atom is -0.0616 e. The molecule has 2 aromatic carbocycles. The highest BCUT2D eigenvalue weighted by Crippen LogP contribution is 2.26. The van der Waals surface area contributed by atoms with E-state index in [4.69, 9.17) is 0 Å². The van der Waals surface area contributed by atoms with Gasteiger partial charge < -0.3 is 0 Å². The lowest BCUT2D eigenvalue weighted by atomic mass is 9.92. The number of hydrogen-bond acceptors (Lipinski definition) is 0. The summed E-state index contributed by atoms with van der Waals surface area (Å²) < 4.78 is 0. The molecule has 0 radical (unpaired) electrons. The van der Waals surface area contributed by atoms with Gasteiger partial charge in [-0.15, -0.1) is 0 Å². The molecule has 2 rings (SSSR count). The highest BCUT2D eigenvalue weighted by atomic mass is 14.1. The van der Waals surface area contributed by atoms with Gasteiger partial charge in [-0.3, -0.25) is 0 Å². The van der Waals surface area contributed by atoms with Crippen LogP contribution in [-0.4, -0.2) is 0 Å². The third kappa shape index (κ3) is 1.90. The third-order valence-corrected chi connectivity index (χ3v) is 3.01. The van der Waals surface area contributed by atoms with E-state index in [1.165, 1.54) is 21.9 Å². The largest absolute Gasteiger partial charge is 0.0616 e. The summed E-state index contributed by atoms with van der Waals surface area (Å²) in [5.74, 6) is 0.615. The number of rotatable bonds is 2. The second-order valence-electron chi connectivity index (χ2n) is 4.41. The van der Waals surface area contributed by atoms with Crippen LogP contribution in [0.5, 0.6) is 0 Å². The summed E-state index contributed by atoms with van der Waals surface area (Å²) in [4.78, 5) is 0. The zero-order valence-corrected chi connectivity index (χ0v) is 9.75. The minimum atomic E-state index is 0.615. The minimum absolute atomic E-state index is 0.615. The first-order valence-corrected chi connectivity index (χ1v) is 5.74. The lowest BCUT2D eigenvalue weighted by molar-refractivity contribution is 0.847. The van der Waals surface area contributed by atoms with Crippen molar-refractivity contribution in [1.82, 2.24) is 0 Å². The van der Waals surface area contributed by atoms with Gasteiger partial charge in [0.2, 0.25) is 0 Å². The van der Waals surface area contributed by atoms with Crippen molar-refractivity contribution >= 4 is 10.8 Å². The molecule has 78 valence electrons. The molecule has 0 aromatic heterocycles. The van der Waals surface area contributed by atoms with Crippen LogP contribution in [0.3, 0.4) is 0 Å². The molecule has 0 amide bonds. The zero-order valence-electron chi connectivity index (χ0n) is 9.75. The summed E-state index contributed by atoms with van der Waals surface area (Å²) in [7, 11) is 0. The second-order valence-corrected chi connectivity index (χ2v) is 4.41. The summed E-state index contributed by atoms with van der Waals surface area (Å²) in [5.41, 5.74) is 2.99. The van der Waals surface area contributed by atoms with Crippen molar-refractivity contribution in [3.05, 3.63) is 47.5 Å². The first kappa shape index (κ1) is 10.2. The van der Waals surface area contributed by atoms with Gasteiger partial charge in [0.25, 0.3) is 0 Å². The summed E-state index contributed by atoms with van der Waals surface area (Å²) in [6.45, 7) is 6.77. The van der Waals surface area contributed by atoms with Crippen molar-refractivity contribution in [3.63, 3.8) is 0 Å². The summed E-state index contributed by atoms with van der Waals surface area (Å²) >= 11 is 0.